The van der Waals surface area contributed by atoms with Crippen molar-refractivity contribution in [3.05, 3.63) is 47.0 Å². The molecule has 0 radical (unpaired) electrons. The van der Waals surface area contributed by atoms with Gasteiger partial charge < -0.3 is 9.30 Å². The van der Waals surface area contributed by atoms with Crippen LogP contribution in [-0.4, -0.2) is 22.4 Å². The summed E-state index contributed by atoms with van der Waals surface area (Å²) in [6.07, 6.45) is 8.61. The number of aromatic nitrogens is 2. The van der Waals surface area contributed by atoms with E-state index in [1.165, 1.54) is 17.5 Å². The molecule has 1 aromatic carbocycles. The van der Waals surface area contributed by atoms with Crippen LogP contribution >= 0.6 is 0 Å². The van der Waals surface area contributed by atoms with Crippen LogP contribution in [0.25, 0.3) is 0 Å². The van der Waals surface area contributed by atoms with Gasteiger partial charge in [-0.05, 0) is 48.9 Å². The Morgan fingerprint density at radius 3 is 2.71 bits per heavy atom. The van der Waals surface area contributed by atoms with Gasteiger partial charge in [-0.3, -0.25) is 4.79 Å². The van der Waals surface area contributed by atoms with Crippen LogP contribution in [0.2, 0.25) is 0 Å². The molecule has 3 rings (SSSR count). The molecule has 0 fully saturated rings. The second-order valence-electron chi connectivity index (χ2n) is 6.79. The Labute approximate surface area is 143 Å². The molecular formula is C20H26N2O2. The number of fused-ring (bicyclic) bond motifs is 1. The highest BCUT2D eigenvalue weighted by molar-refractivity contribution is 5.98. The van der Waals surface area contributed by atoms with Gasteiger partial charge in [-0.15, -0.1) is 0 Å². The van der Waals surface area contributed by atoms with Crippen molar-refractivity contribution in [2.75, 3.05) is 7.11 Å². The van der Waals surface area contributed by atoms with E-state index in [1.807, 2.05) is 24.5 Å². The van der Waals surface area contributed by atoms with E-state index in [-0.39, 0.29) is 5.78 Å². The summed E-state index contributed by atoms with van der Waals surface area (Å²) in [4.78, 5) is 17.2. The minimum absolute atomic E-state index is 0.221. The van der Waals surface area contributed by atoms with Gasteiger partial charge >= 0.3 is 0 Å². The molecule has 0 unspecified atom stereocenters. The van der Waals surface area contributed by atoms with Crippen LogP contribution in [0, 0.1) is 0 Å². The van der Waals surface area contributed by atoms with Gasteiger partial charge in [0, 0.05) is 36.8 Å². The summed E-state index contributed by atoms with van der Waals surface area (Å²) >= 11 is 0. The van der Waals surface area contributed by atoms with Gasteiger partial charge in [-0.1, -0.05) is 13.8 Å². The number of carbonyl (C=O) groups is 1. The van der Waals surface area contributed by atoms with Crippen LogP contribution in [0.1, 0.15) is 66.3 Å². The van der Waals surface area contributed by atoms with Crippen molar-refractivity contribution in [2.24, 2.45) is 0 Å². The van der Waals surface area contributed by atoms with E-state index in [1.54, 1.807) is 7.11 Å². The fraction of sp³-hybridized carbons (Fsp3) is 0.500. The van der Waals surface area contributed by atoms with E-state index in [2.05, 4.69) is 23.4 Å². The van der Waals surface area contributed by atoms with Crippen molar-refractivity contribution < 1.29 is 9.53 Å². The van der Waals surface area contributed by atoms with Gasteiger partial charge in [0.2, 0.25) is 0 Å². The number of ether oxygens (including phenoxy) is 1. The molecule has 0 N–H and O–H groups in total. The molecular weight excluding hydrogens is 300 g/mol. The average molecular weight is 326 g/mol. The second-order valence-corrected chi connectivity index (χ2v) is 6.79. The molecule has 0 bridgehead atoms. The SMILES string of the molecule is COc1ccc(C(=O)CCn2ccnc2C(C)C)c2c1CCCC2. The van der Waals surface area contributed by atoms with E-state index >= 15 is 0 Å². The zero-order chi connectivity index (χ0) is 17.1. The first-order valence-corrected chi connectivity index (χ1v) is 8.84. The third kappa shape index (κ3) is 3.23. The Morgan fingerprint density at radius 1 is 1.25 bits per heavy atom. The lowest BCUT2D eigenvalue weighted by Crippen LogP contribution is -2.14. The second kappa shape index (κ2) is 7.20. The molecule has 4 heteroatoms. The molecule has 2 aromatic rings. The molecule has 0 amide bonds. The molecule has 1 aromatic heterocycles. The third-order valence-corrected chi connectivity index (χ3v) is 4.86. The van der Waals surface area contributed by atoms with Crippen LogP contribution in [0.3, 0.4) is 0 Å². The lowest BCUT2D eigenvalue weighted by atomic mass is 9.86. The molecule has 0 saturated carbocycles. The molecule has 0 atom stereocenters. The summed E-state index contributed by atoms with van der Waals surface area (Å²) in [6.45, 7) is 4.94. The smallest absolute Gasteiger partial charge is 0.164 e. The maximum Gasteiger partial charge on any atom is 0.164 e. The van der Waals surface area contributed by atoms with E-state index < -0.39 is 0 Å². The van der Waals surface area contributed by atoms with Gasteiger partial charge in [0.25, 0.3) is 0 Å². The van der Waals surface area contributed by atoms with E-state index in [4.69, 9.17) is 4.74 Å². The monoisotopic (exact) mass is 326 g/mol. The summed E-state index contributed by atoms with van der Waals surface area (Å²) in [5.74, 6) is 2.56. The van der Waals surface area contributed by atoms with Crippen LogP contribution < -0.4 is 4.74 Å². The largest absolute Gasteiger partial charge is 0.496 e. The Bertz CT molecular complexity index is 731. The zero-order valence-electron chi connectivity index (χ0n) is 14.8. The molecule has 1 aliphatic rings. The highest BCUT2D eigenvalue weighted by atomic mass is 16.5. The predicted molar refractivity (Wildman–Crippen MR) is 94.9 cm³/mol. The number of hydrogen-bond acceptors (Lipinski definition) is 3. The van der Waals surface area contributed by atoms with Crippen molar-refractivity contribution >= 4 is 5.78 Å². The first-order chi connectivity index (χ1) is 11.6. The van der Waals surface area contributed by atoms with E-state index in [0.717, 1.165) is 36.4 Å². The fourth-order valence-corrected chi connectivity index (χ4v) is 3.65. The number of nitrogens with zero attached hydrogens (tertiary/aromatic N) is 2. The molecule has 0 aliphatic heterocycles. The molecule has 24 heavy (non-hydrogen) atoms. The standard InChI is InChI=1S/C20H26N2O2/c1-14(2)20-21-11-13-22(20)12-10-18(23)16-8-9-19(24-3)17-7-5-4-6-15(16)17/h8-9,11,13-14H,4-7,10,12H2,1-3H3. The Hall–Kier alpha value is -2.10. The normalized spacial score (nSPS) is 13.8. The Balaban J connectivity index is 1.79. The maximum atomic E-state index is 12.8. The van der Waals surface area contributed by atoms with Crippen molar-refractivity contribution in [1.29, 1.82) is 0 Å². The maximum absolute atomic E-state index is 12.8. The van der Waals surface area contributed by atoms with E-state index in [9.17, 15) is 4.79 Å². The summed E-state index contributed by atoms with van der Waals surface area (Å²) in [6, 6.07) is 3.90. The number of Topliss-reactive ketones (excluding diaryl/α,β-unsaturated/α-hetero) is 1. The van der Waals surface area contributed by atoms with Gasteiger partial charge in [-0.2, -0.15) is 0 Å². The summed E-state index contributed by atoms with van der Waals surface area (Å²) in [5, 5.41) is 0. The predicted octanol–water partition coefficient (Wildman–Crippen LogP) is 4.17. The highest BCUT2D eigenvalue weighted by Crippen LogP contribution is 2.32. The van der Waals surface area contributed by atoms with Gasteiger partial charge in [0.1, 0.15) is 11.6 Å². The molecule has 0 saturated heterocycles. The molecule has 1 aliphatic carbocycles. The Kier molecular flexibility index (Phi) is 5.03. The lowest BCUT2D eigenvalue weighted by Gasteiger charge is -2.21. The highest BCUT2D eigenvalue weighted by Gasteiger charge is 2.21. The first kappa shape index (κ1) is 16.7. The van der Waals surface area contributed by atoms with Gasteiger partial charge in [0.15, 0.2) is 5.78 Å². The molecule has 4 nitrogen and oxygen atoms in total. The lowest BCUT2D eigenvalue weighted by molar-refractivity contribution is 0.0975. The molecule has 0 spiro atoms. The van der Waals surface area contributed by atoms with Crippen LogP contribution in [0.4, 0.5) is 0 Å². The van der Waals surface area contributed by atoms with Crippen molar-refractivity contribution in [3.8, 4) is 5.75 Å². The number of benzene rings is 1. The number of carbonyl (C=O) groups excluding carboxylic acids is 1. The van der Waals surface area contributed by atoms with Crippen molar-refractivity contribution in [1.82, 2.24) is 9.55 Å². The van der Waals surface area contributed by atoms with Crippen LogP contribution in [0.15, 0.2) is 24.5 Å². The summed E-state index contributed by atoms with van der Waals surface area (Å²) in [5.41, 5.74) is 3.33. The molecule has 1 heterocycles. The van der Waals surface area contributed by atoms with Gasteiger partial charge in [0.05, 0.1) is 7.11 Å². The first-order valence-electron chi connectivity index (χ1n) is 8.84. The van der Waals surface area contributed by atoms with Crippen LogP contribution in [-0.2, 0) is 19.4 Å². The fourth-order valence-electron chi connectivity index (χ4n) is 3.65. The molecule has 128 valence electrons. The van der Waals surface area contributed by atoms with Gasteiger partial charge in [-0.25, -0.2) is 4.98 Å². The quantitative estimate of drug-likeness (QED) is 0.749. The number of aryl methyl sites for hydroxylation is 1. The number of ketones is 1. The number of hydrogen-bond donors (Lipinski definition) is 0. The minimum atomic E-state index is 0.221. The van der Waals surface area contributed by atoms with E-state index in [0.29, 0.717) is 18.9 Å². The number of imidazole rings is 1. The Morgan fingerprint density at radius 2 is 2.00 bits per heavy atom. The van der Waals surface area contributed by atoms with Crippen molar-refractivity contribution in [2.45, 2.75) is 58.4 Å². The third-order valence-electron chi connectivity index (χ3n) is 4.86. The number of rotatable bonds is 6. The topological polar surface area (TPSA) is 44.1 Å². The summed E-state index contributed by atoms with van der Waals surface area (Å²) < 4.78 is 7.58. The minimum Gasteiger partial charge on any atom is -0.496 e. The van der Waals surface area contributed by atoms with Crippen molar-refractivity contribution in [3.63, 3.8) is 0 Å². The average Bonchev–Trinajstić information content (AvgIpc) is 3.07. The summed E-state index contributed by atoms with van der Waals surface area (Å²) in [7, 11) is 1.71. The van der Waals surface area contributed by atoms with Crippen LogP contribution in [0.5, 0.6) is 5.75 Å². The number of methoxy groups -OCH3 is 1. The zero-order valence-corrected chi connectivity index (χ0v) is 14.8.